The molecule has 0 aliphatic carbocycles. The first kappa shape index (κ1) is 21.9. The molecule has 8 nitrogen and oxygen atoms in total. The summed E-state index contributed by atoms with van der Waals surface area (Å²) in [6.45, 7) is 3.76. The van der Waals surface area contributed by atoms with E-state index in [1.54, 1.807) is 24.3 Å². The maximum Gasteiger partial charge on any atom is 0.262 e. The highest BCUT2D eigenvalue weighted by Gasteiger charge is 2.23. The quantitative estimate of drug-likeness (QED) is 0.531. The molecule has 0 aliphatic heterocycles. The molecule has 0 spiro atoms. The van der Waals surface area contributed by atoms with Gasteiger partial charge in [-0.15, -0.1) is 0 Å². The van der Waals surface area contributed by atoms with Crippen molar-refractivity contribution in [1.29, 1.82) is 0 Å². The third-order valence-corrected chi connectivity index (χ3v) is 4.34. The van der Waals surface area contributed by atoms with Crippen LogP contribution in [0.15, 0.2) is 48.5 Å². The van der Waals surface area contributed by atoms with Crippen molar-refractivity contribution in [3.8, 4) is 11.5 Å². The second-order valence-electron chi connectivity index (χ2n) is 5.66. The summed E-state index contributed by atoms with van der Waals surface area (Å²) in [5.74, 6) is -0.196. The Kier molecular flexibility index (Phi) is 6.42. The van der Waals surface area contributed by atoms with E-state index >= 15 is 0 Å². The molecule has 0 fully saturated rings. The molecule has 2 aromatic rings. The minimum atomic E-state index is -4.84. The smallest absolute Gasteiger partial charge is 0.262 e. The van der Waals surface area contributed by atoms with Gasteiger partial charge in [-0.1, -0.05) is 45.5 Å². The summed E-state index contributed by atoms with van der Waals surface area (Å²) < 4.78 is 72.0. The van der Waals surface area contributed by atoms with Crippen molar-refractivity contribution in [2.75, 3.05) is 0 Å². The highest BCUT2D eigenvalue weighted by molar-refractivity contribution is 7.81. The van der Waals surface area contributed by atoms with Gasteiger partial charge in [0.15, 0.2) is 0 Å². The highest BCUT2D eigenvalue weighted by atomic mass is 32.3. The fourth-order valence-electron chi connectivity index (χ4n) is 2.26. The molecule has 0 aliphatic rings. The molecule has 0 unspecified atom stereocenters. The van der Waals surface area contributed by atoms with E-state index in [9.17, 15) is 25.9 Å². The van der Waals surface area contributed by atoms with E-state index in [0.717, 1.165) is 11.1 Å². The molecular weight excluding hydrogens is 384 g/mol. The van der Waals surface area contributed by atoms with Gasteiger partial charge in [-0.05, 0) is 35.4 Å². The lowest BCUT2D eigenvalue weighted by Gasteiger charge is -2.26. The molecule has 144 valence electrons. The Bertz CT molecular complexity index is 865. The molecule has 0 N–H and O–H groups in total. The topological polar surface area (TPSA) is 133 Å². The Hall–Kier alpha value is -2.14. The summed E-state index contributed by atoms with van der Waals surface area (Å²) >= 11 is 0. The molecule has 0 saturated heterocycles. The predicted octanol–water partition coefficient (Wildman–Crippen LogP) is 2.33. The highest BCUT2D eigenvalue weighted by Crippen LogP contribution is 2.33. The molecule has 0 bridgehead atoms. The maximum absolute atomic E-state index is 10.6. The van der Waals surface area contributed by atoms with E-state index < -0.39 is 26.2 Å². The SMILES string of the molecule is C.CC(C)(c1ccc(OS(=O)(=O)[O-])cc1)c1ccc(OS(=O)(=O)[O-])cc1. The van der Waals surface area contributed by atoms with Crippen LogP contribution < -0.4 is 8.37 Å². The Morgan fingerprint density at radius 1 is 0.692 bits per heavy atom. The van der Waals surface area contributed by atoms with Crippen molar-refractivity contribution in [2.45, 2.75) is 26.7 Å². The Labute approximate surface area is 153 Å². The van der Waals surface area contributed by atoms with Crippen LogP contribution in [0.2, 0.25) is 0 Å². The zero-order chi connectivity index (χ0) is 18.9. The predicted molar refractivity (Wildman–Crippen MR) is 92.4 cm³/mol. The second-order valence-corrected chi connectivity index (χ2v) is 7.62. The lowest BCUT2D eigenvalue weighted by Crippen LogP contribution is -2.19. The Morgan fingerprint density at radius 3 is 1.19 bits per heavy atom. The lowest BCUT2D eigenvalue weighted by atomic mass is 9.78. The lowest BCUT2D eigenvalue weighted by molar-refractivity contribution is 0.370. The van der Waals surface area contributed by atoms with Gasteiger partial charge in [0.25, 0.3) is 20.8 Å². The molecule has 0 amide bonds. The van der Waals surface area contributed by atoms with Gasteiger partial charge in [-0.3, -0.25) is 0 Å². The van der Waals surface area contributed by atoms with E-state index in [1.807, 2.05) is 13.8 Å². The van der Waals surface area contributed by atoms with Crippen molar-refractivity contribution >= 4 is 20.8 Å². The van der Waals surface area contributed by atoms with E-state index in [2.05, 4.69) is 8.37 Å². The summed E-state index contributed by atoms with van der Waals surface area (Å²) in [5.41, 5.74) is 1.03. The van der Waals surface area contributed by atoms with E-state index in [-0.39, 0.29) is 18.9 Å². The fourth-order valence-corrected chi connectivity index (χ4v) is 2.95. The van der Waals surface area contributed by atoms with Gasteiger partial charge in [0.2, 0.25) is 0 Å². The van der Waals surface area contributed by atoms with Crippen molar-refractivity contribution < 1.29 is 34.3 Å². The molecular formula is C16H18O8S2-2. The van der Waals surface area contributed by atoms with Gasteiger partial charge >= 0.3 is 0 Å². The third-order valence-electron chi connectivity index (χ3n) is 3.55. The normalized spacial score (nSPS) is 12.2. The molecule has 0 atom stereocenters. The van der Waals surface area contributed by atoms with Crippen LogP contribution in [0.5, 0.6) is 11.5 Å². The van der Waals surface area contributed by atoms with Crippen LogP contribution in [-0.2, 0) is 26.2 Å². The molecule has 0 aromatic heterocycles. The van der Waals surface area contributed by atoms with Gasteiger partial charge < -0.3 is 17.5 Å². The van der Waals surface area contributed by atoms with Crippen molar-refractivity contribution in [3.05, 3.63) is 59.7 Å². The van der Waals surface area contributed by atoms with Crippen molar-refractivity contribution in [2.24, 2.45) is 0 Å². The number of hydrogen-bond acceptors (Lipinski definition) is 8. The minimum Gasteiger partial charge on any atom is -0.716 e. The summed E-state index contributed by atoms with van der Waals surface area (Å²) in [7, 11) is -9.67. The van der Waals surface area contributed by atoms with Crippen LogP contribution in [0.1, 0.15) is 32.4 Å². The zero-order valence-corrected chi connectivity index (χ0v) is 14.8. The third kappa shape index (κ3) is 5.99. The number of hydrogen-bond donors (Lipinski definition) is 0. The first-order valence-electron chi connectivity index (χ1n) is 6.88. The summed E-state index contributed by atoms with van der Waals surface area (Å²) in [6.07, 6.45) is 0. The summed E-state index contributed by atoms with van der Waals surface area (Å²) in [6, 6.07) is 11.8. The molecule has 10 heteroatoms. The van der Waals surface area contributed by atoms with Crippen LogP contribution in [0.3, 0.4) is 0 Å². The average molecular weight is 402 g/mol. The standard InChI is InChI=1S/C15H16O8S2.CH4/c1-15(2,11-3-7-13(8-4-11)22-24(16,17)18)12-5-9-14(10-6-12)23-25(19,20)21;/h3-10H,1-2H3,(H,16,17,18)(H,19,20,21);1H4/p-2. The van der Waals surface area contributed by atoms with Crippen molar-refractivity contribution in [3.63, 3.8) is 0 Å². The van der Waals surface area contributed by atoms with Crippen molar-refractivity contribution in [1.82, 2.24) is 0 Å². The van der Waals surface area contributed by atoms with Crippen LogP contribution >= 0.6 is 0 Å². The summed E-state index contributed by atoms with van der Waals surface area (Å²) in [5, 5.41) is 0. The van der Waals surface area contributed by atoms with Crippen LogP contribution in [0, 0.1) is 0 Å². The molecule has 0 radical (unpaired) electrons. The van der Waals surface area contributed by atoms with Gasteiger partial charge in [-0.2, -0.15) is 0 Å². The number of rotatable bonds is 6. The zero-order valence-electron chi connectivity index (χ0n) is 13.2. The number of benzene rings is 2. The Morgan fingerprint density at radius 2 is 0.962 bits per heavy atom. The largest absolute Gasteiger partial charge is 0.716 e. The summed E-state index contributed by atoms with van der Waals surface area (Å²) in [4.78, 5) is 0. The molecule has 0 heterocycles. The first-order valence-corrected chi connectivity index (χ1v) is 9.55. The van der Waals surface area contributed by atoms with Gasteiger partial charge in [0, 0.05) is 5.41 Å². The van der Waals surface area contributed by atoms with E-state index in [0.29, 0.717) is 0 Å². The molecule has 26 heavy (non-hydrogen) atoms. The second kappa shape index (κ2) is 7.62. The van der Waals surface area contributed by atoms with E-state index in [1.165, 1.54) is 24.3 Å². The fraction of sp³-hybridized carbons (Fsp3) is 0.250. The van der Waals surface area contributed by atoms with Gasteiger partial charge in [0.05, 0.1) is 0 Å². The minimum absolute atomic E-state index is 0. The maximum atomic E-state index is 10.6. The molecule has 0 saturated carbocycles. The van der Waals surface area contributed by atoms with Crippen LogP contribution in [-0.4, -0.2) is 25.9 Å². The Balaban J connectivity index is 0.00000338. The van der Waals surface area contributed by atoms with E-state index in [4.69, 9.17) is 0 Å². The van der Waals surface area contributed by atoms with Crippen LogP contribution in [0.4, 0.5) is 0 Å². The molecule has 2 rings (SSSR count). The van der Waals surface area contributed by atoms with Gasteiger partial charge in [-0.25, -0.2) is 16.8 Å². The average Bonchev–Trinajstić information content (AvgIpc) is 2.45. The van der Waals surface area contributed by atoms with Gasteiger partial charge in [0.1, 0.15) is 11.5 Å². The monoisotopic (exact) mass is 402 g/mol. The molecule has 2 aromatic carbocycles. The first-order chi connectivity index (χ1) is 11.4. The van der Waals surface area contributed by atoms with Crippen LogP contribution in [0.25, 0.3) is 0 Å².